The molecule has 0 bridgehead atoms. The Morgan fingerprint density at radius 1 is 1.07 bits per heavy atom. The molecule has 1 heterocycles. The molecule has 1 saturated heterocycles. The second-order valence-corrected chi connectivity index (χ2v) is 8.40. The van der Waals surface area contributed by atoms with E-state index in [0.717, 1.165) is 51.1 Å². The highest BCUT2D eigenvalue weighted by atomic mass is 16.2. The molecule has 1 amide bonds. The van der Waals surface area contributed by atoms with Crippen LogP contribution < -0.4 is 5.32 Å². The van der Waals surface area contributed by atoms with Gasteiger partial charge in [0.1, 0.15) is 6.54 Å². The van der Waals surface area contributed by atoms with Gasteiger partial charge in [-0.25, -0.2) is 4.99 Å². The zero-order valence-corrected chi connectivity index (χ0v) is 18.0. The first-order valence-corrected chi connectivity index (χ1v) is 11.0. The van der Waals surface area contributed by atoms with Gasteiger partial charge in [0.15, 0.2) is 5.96 Å². The lowest BCUT2D eigenvalue weighted by Gasteiger charge is -2.27. The predicted octanol–water partition coefficient (Wildman–Crippen LogP) is 2.26. The van der Waals surface area contributed by atoms with Gasteiger partial charge in [-0.1, -0.05) is 33.1 Å². The van der Waals surface area contributed by atoms with Crippen LogP contribution in [0.3, 0.4) is 0 Å². The number of hydrogen-bond acceptors (Lipinski definition) is 3. The van der Waals surface area contributed by atoms with Gasteiger partial charge in [-0.15, -0.1) is 0 Å². The molecule has 1 atom stereocenters. The van der Waals surface area contributed by atoms with E-state index in [9.17, 15) is 4.79 Å². The highest BCUT2D eigenvalue weighted by Crippen LogP contribution is 2.23. The molecule has 1 aliphatic heterocycles. The van der Waals surface area contributed by atoms with E-state index >= 15 is 0 Å². The fourth-order valence-electron chi connectivity index (χ4n) is 4.20. The number of rotatable bonds is 8. The lowest BCUT2D eigenvalue weighted by molar-refractivity contribution is -0.127. The number of nitrogens with zero attached hydrogens (tertiary/aromatic N) is 4. The van der Waals surface area contributed by atoms with E-state index in [0.29, 0.717) is 5.92 Å². The number of amides is 1. The summed E-state index contributed by atoms with van der Waals surface area (Å²) in [6.07, 6.45) is 7.94. The van der Waals surface area contributed by atoms with E-state index in [1.165, 1.54) is 38.5 Å². The fraction of sp³-hybridized carbons (Fsp3) is 0.905. The first kappa shape index (κ1) is 22.0. The van der Waals surface area contributed by atoms with Crippen LogP contribution in [0.2, 0.25) is 0 Å². The van der Waals surface area contributed by atoms with Crippen LogP contribution in [0.5, 0.6) is 0 Å². The van der Waals surface area contributed by atoms with E-state index in [4.69, 9.17) is 4.99 Å². The van der Waals surface area contributed by atoms with Crippen molar-refractivity contribution >= 4 is 11.9 Å². The summed E-state index contributed by atoms with van der Waals surface area (Å²) in [6.45, 7) is 11.2. The Hall–Kier alpha value is -1.30. The SMILES string of the molecule is CCN(CC)CC1CCN(C(=NCC(=O)N(C)C)NCC2CCCCC2)C1. The van der Waals surface area contributed by atoms with Crippen molar-refractivity contribution in [2.24, 2.45) is 16.8 Å². The van der Waals surface area contributed by atoms with Gasteiger partial charge in [0.05, 0.1) is 0 Å². The first-order valence-electron chi connectivity index (χ1n) is 11.0. The molecule has 1 N–H and O–H groups in total. The number of guanidine groups is 1. The number of carbonyl (C=O) groups is 1. The molecule has 0 radical (unpaired) electrons. The van der Waals surface area contributed by atoms with Crippen LogP contribution in [0.1, 0.15) is 52.4 Å². The van der Waals surface area contributed by atoms with Crippen molar-refractivity contribution < 1.29 is 4.79 Å². The summed E-state index contributed by atoms with van der Waals surface area (Å²) in [5.74, 6) is 2.45. The van der Waals surface area contributed by atoms with Crippen LogP contribution in [-0.2, 0) is 4.79 Å². The van der Waals surface area contributed by atoms with Crippen molar-refractivity contribution in [3.8, 4) is 0 Å². The Labute approximate surface area is 166 Å². The molecule has 6 nitrogen and oxygen atoms in total. The molecule has 0 aromatic heterocycles. The Balaban J connectivity index is 1.94. The maximum Gasteiger partial charge on any atom is 0.243 e. The summed E-state index contributed by atoms with van der Waals surface area (Å²) >= 11 is 0. The molecule has 2 aliphatic rings. The average molecular weight is 380 g/mol. The Bertz CT molecular complexity index is 469. The second-order valence-electron chi connectivity index (χ2n) is 8.40. The predicted molar refractivity (Wildman–Crippen MR) is 113 cm³/mol. The van der Waals surface area contributed by atoms with Crippen LogP contribution in [0, 0.1) is 11.8 Å². The van der Waals surface area contributed by atoms with E-state index in [1.54, 1.807) is 19.0 Å². The monoisotopic (exact) mass is 379 g/mol. The normalized spacial score (nSPS) is 21.7. The lowest BCUT2D eigenvalue weighted by atomic mass is 9.89. The Morgan fingerprint density at radius 3 is 2.41 bits per heavy atom. The van der Waals surface area contributed by atoms with E-state index in [-0.39, 0.29) is 12.5 Å². The molecule has 0 spiro atoms. The molecule has 1 unspecified atom stereocenters. The second kappa shape index (κ2) is 11.5. The number of nitrogens with one attached hydrogen (secondary N) is 1. The van der Waals surface area contributed by atoms with Crippen LogP contribution >= 0.6 is 0 Å². The van der Waals surface area contributed by atoms with Crippen molar-refractivity contribution in [2.45, 2.75) is 52.4 Å². The van der Waals surface area contributed by atoms with Gasteiger partial charge >= 0.3 is 0 Å². The van der Waals surface area contributed by atoms with Crippen LogP contribution in [0.4, 0.5) is 0 Å². The maximum absolute atomic E-state index is 12.0. The van der Waals surface area contributed by atoms with Gasteiger partial charge in [-0.2, -0.15) is 0 Å². The Kier molecular flexibility index (Phi) is 9.39. The van der Waals surface area contributed by atoms with E-state index in [1.807, 2.05) is 0 Å². The van der Waals surface area contributed by atoms with Crippen molar-refractivity contribution in [2.75, 3.05) is 59.9 Å². The molecule has 2 rings (SSSR count). The summed E-state index contributed by atoms with van der Waals surface area (Å²) < 4.78 is 0. The summed E-state index contributed by atoms with van der Waals surface area (Å²) in [5, 5.41) is 3.62. The minimum absolute atomic E-state index is 0.0610. The third-order valence-corrected chi connectivity index (χ3v) is 6.13. The van der Waals surface area contributed by atoms with Gasteiger partial charge in [0, 0.05) is 40.3 Å². The number of aliphatic imine (C=N–C) groups is 1. The topological polar surface area (TPSA) is 51.2 Å². The van der Waals surface area contributed by atoms with Gasteiger partial charge < -0.3 is 20.0 Å². The van der Waals surface area contributed by atoms with Crippen LogP contribution in [-0.4, -0.2) is 86.5 Å². The lowest BCUT2D eigenvalue weighted by Crippen LogP contribution is -2.43. The first-order chi connectivity index (χ1) is 13.0. The van der Waals surface area contributed by atoms with Crippen LogP contribution in [0.25, 0.3) is 0 Å². The minimum atomic E-state index is 0.0610. The number of likely N-dealkylation sites (tertiary alicyclic amines) is 1. The third-order valence-electron chi connectivity index (χ3n) is 6.13. The highest BCUT2D eigenvalue weighted by Gasteiger charge is 2.27. The largest absolute Gasteiger partial charge is 0.356 e. The van der Waals surface area contributed by atoms with Crippen molar-refractivity contribution in [1.82, 2.24) is 20.0 Å². The standard InChI is InChI=1S/C21H41N5O/c1-5-25(6-2)16-19-12-13-26(17-19)21(23-15-20(27)24(3)4)22-14-18-10-8-7-9-11-18/h18-19H,5-17H2,1-4H3,(H,22,23). The zero-order chi connectivity index (χ0) is 19.6. The van der Waals surface area contributed by atoms with Crippen molar-refractivity contribution in [3.05, 3.63) is 0 Å². The Morgan fingerprint density at radius 2 is 1.78 bits per heavy atom. The minimum Gasteiger partial charge on any atom is -0.356 e. The molecule has 27 heavy (non-hydrogen) atoms. The molecule has 2 fully saturated rings. The molecular weight excluding hydrogens is 338 g/mol. The third kappa shape index (κ3) is 7.32. The maximum atomic E-state index is 12.0. The molecule has 1 aliphatic carbocycles. The van der Waals surface area contributed by atoms with Crippen LogP contribution in [0.15, 0.2) is 4.99 Å². The highest BCUT2D eigenvalue weighted by molar-refractivity contribution is 5.85. The quantitative estimate of drug-likeness (QED) is 0.519. The van der Waals surface area contributed by atoms with Gasteiger partial charge in [-0.3, -0.25) is 4.79 Å². The van der Waals surface area contributed by atoms with Gasteiger partial charge in [-0.05, 0) is 44.2 Å². The summed E-state index contributed by atoms with van der Waals surface area (Å²) in [4.78, 5) is 23.2. The summed E-state index contributed by atoms with van der Waals surface area (Å²) in [7, 11) is 3.59. The molecule has 6 heteroatoms. The number of likely N-dealkylation sites (N-methyl/N-ethyl adjacent to an activating group) is 1. The molecule has 156 valence electrons. The molecular formula is C21H41N5O. The average Bonchev–Trinajstić information content (AvgIpc) is 3.15. The number of hydrogen-bond donors (Lipinski definition) is 1. The smallest absolute Gasteiger partial charge is 0.243 e. The molecule has 0 aromatic carbocycles. The van der Waals surface area contributed by atoms with Gasteiger partial charge in [0.2, 0.25) is 5.91 Å². The van der Waals surface area contributed by atoms with E-state index < -0.39 is 0 Å². The van der Waals surface area contributed by atoms with E-state index in [2.05, 4.69) is 29.0 Å². The van der Waals surface area contributed by atoms with Gasteiger partial charge in [0.25, 0.3) is 0 Å². The zero-order valence-electron chi connectivity index (χ0n) is 18.0. The summed E-state index contributed by atoms with van der Waals surface area (Å²) in [6, 6.07) is 0. The number of carbonyl (C=O) groups excluding carboxylic acids is 1. The molecule has 0 aromatic rings. The summed E-state index contributed by atoms with van der Waals surface area (Å²) in [5.41, 5.74) is 0. The van der Waals surface area contributed by atoms with Crippen molar-refractivity contribution in [3.63, 3.8) is 0 Å². The fourth-order valence-corrected chi connectivity index (χ4v) is 4.20. The molecule has 1 saturated carbocycles. The van der Waals surface area contributed by atoms with Crippen molar-refractivity contribution in [1.29, 1.82) is 0 Å².